The van der Waals surface area contributed by atoms with Crippen LogP contribution in [0.5, 0.6) is 0 Å². The van der Waals surface area contributed by atoms with Crippen molar-refractivity contribution in [2.45, 2.75) is 32.4 Å². The summed E-state index contributed by atoms with van der Waals surface area (Å²) in [5.41, 5.74) is 4.94. The molecular formula is C10H18N2O4. The molecule has 0 aliphatic carbocycles. The van der Waals surface area contributed by atoms with E-state index in [9.17, 15) is 9.59 Å². The van der Waals surface area contributed by atoms with Crippen molar-refractivity contribution in [3.8, 4) is 0 Å². The van der Waals surface area contributed by atoms with Gasteiger partial charge in [-0.2, -0.15) is 0 Å². The van der Waals surface area contributed by atoms with Crippen molar-refractivity contribution in [1.82, 2.24) is 5.32 Å². The van der Waals surface area contributed by atoms with Crippen LogP contribution in [-0.4, -0.2) is 42.3 Å². The molecule has 0 aromatic heterocycles. The van der Waals surface area contributed by atoms with E-state index in [-0.39, 0.29) is 18.6 Å². The van der Waals surface area contributed by atoms with Gasteiger partial charge >= 0.3 is 5.97 Å². The van der Waals surface area contributed by atoms with E-state index in [1.54, 1.807) is 13.8 Å². The Morgan fingerprint density at radius 3 is 2.69 bits per heavy atom. The highest BCUT2D eigenvalue weighted by molar-refractivity contribution is 5.88. The molecule has 0 aromatic carbocycles. The molecule has 0 spiro atoms. The lowest BCUT2D eigenvalue weighted by molar-refractivity contribution is -0.144. The largest absolute Gasteiger partial charge is 0.480 e. The van der Waals surface area contributed by atoms with Crippen molar-refractivity contribution >= 4 is 11.9 Å². The molecule has 1 amide bonds. The predicted molar refractivity (Wildman–Crippen MR) is 56.8 cm³/mol. The van der Waals surface area contributed by atoms with E-state index in [1.165, 1.54) is 0 Å². The molecule has 0 saturated carbocycles. The summed E-state index contributed by atoms with van der Waals surface area (Å²) >= 11 is 0. The number of hydrogen-bond donors (Lipinski definition) is 3. The Kier molecular flexibility index (Phi) is 3.88. The van der Waals surface area contributed by atoms with E-state index in [0.29, 0.717) is 13.0 Å². The van der Waals surface area contributed by atoms with Crippen LogP contribution in [0.2, 0.25) is 0 Å². The maximum Gasteiger partial charge on any atom is 0.326 e. The average Bonchev–Trinajstić information content (AvgIpc) is 2.56. The Bertz CT molecular complexity index is 295. The number of rotatable bonds is 4. The van der Waals surface area contributed by atoms with Crippen LogP contribution < -0.4 is 11.1 Å². The van der Waals surface area contributed by atoms with Gasteiger partial charge in [-0.25, -0.2) is 4.79 Å². The van der Waals surface area contributed by atoms with E-state index in [2.05, 4.69) is 5.32 Å². The first-order valence-corrected chi connectivity index (χ1v) is 5.29. The minimum Gasteiger partial charge on any atom is -0.480 e. The Morgan fingerprint density at radius 2 is 2.31 bits per heavy atom. The number of nitrogens with two attached hydrogens (primary N) is 1. The number of carboxylic acid groups (broad SMARTS) is 1. The van der Waals surface area contributed by atoms with Gasteiger partial charge in [0.05, 0.1) is 18.6 Å². The number of carbonyl (C=O) groups excluding carboxylic acids is 1. The maximum absolute atomic E-state index is 11.9. The molecule has 4 N–H and O–H groups in total. The molecule has 1 rings (SSSR count). The summed E-state index contributed by atoms with van der Waals surface area (Å²) < 4.78 is 5.14. The van der Waals surface area contributed by atoms with Crippen LogP contribution in [-0.2, 0) is 14.3 Å². The predicted octanol–water partition coefficient (Wildman–Crippen LogP) is -0.670. The Morgan fingerprint density at radius 1 is 1.69 bits per heavy atom. The van der Waals surface area contributed by atoms with Gasteiger partial charge in [-0.3, -0.25) is 4.79 Å². The number of carboxylic acids is 1. The minimum atomic E-state index is -1.04. The first-order valence-electron chi connectivity index (χ1n) is 5.29. The van der Waals surface area contributed by atoms with Crippen LogP contribution >= 0.6 is 0 Å². The molecule has 1 heterocycles. The van der Waals surface area contributed by atoms with Gasteiger partial charge in [0.1, 0.15) is 6.04 Å². The van der Waals surface area contributed by atoms with Crippen molar-refractivity contribution < 1.29 is 19.4 Å². The average molecular weight is 230 g/mol. The molecule has 1 aliphatic heterocycles. The van der Waals surface area contributed by atoms with Crippen LogP contribution in [0.1, 0.15) is 20.3 Å². The standard InChI is InChI=1S/C10H18N2O4/c1-3-6(8(13)14)12-9(15)10(2)5-16-4-7(10)11/h6-7H,3-5,11H2,1-2H3,(H,12,15)(H,13,14)/t6-,7?,10?/m1/s1. The van der Waals surface area contributed by atoms with Crippen molar-refractivity contribution in [2.24, 2.45) is 11.1 Å². The Balaban J connectivity index is 2.67. The number of carbonyl (C=O) groups is 2. The molecule has 0 radical (unpaired) electrons. The third-order valence-electron chi connectivity index (χ3n) is 3.05. The summed E-state index contributed by atoms with van der Waals surface area (Å²) in [7, 11) is 0. The molecule has 6 heteroatoms. The molecule has 1 saturated heterocycles. The Hall–Kier alpha value is -1.14. The number of nitrogens with one attached hydrogen (secondary N) is 1. The van der Waals surface area contributed by atoms with Gasteiger partial charge < -0.3 is 20.9 Å². The zero-order chi connectivity index (χ0) is 12.3. The van der Waals surface area contributed by atoms with Gasteiger partial charge in [-0.05, 0) is 13.3 Å². The van der Waals surface area contributed by atoms with Gasteiger partial charge in [0.25, 0.3) is 0 Å². The highest BCUT2D eigenvalue weighted by Crippen LogP contribution is 2.27. The third-order valence-corrected chi connectivity index (χ3v) is 3.05. The summed E-state index contributed by atoms with van der Waals surface area (Å²) in [6.07, 6.45) is 0.341. The van der Waals surface area contributed by atoms with Gasteiger partial charge in [0.15, 0.2) is 0 Å². The molecule has 92 valence electrons. The van der Waals surface area contributed by atoms with E-state index in [4.69, 9.17) is 15.6 Å². The number of amides is 1. The summed E-state index contributed by atoms with van der Waals surface area (Å²) in [5, 5.41) is 11.3. The molecule has 2 unspecified atom stereocenters. The lowest BCUT2D eigenvalue weighted by atomic mass is 9.84. The fraction of sp³-hybridized carbons (Fsp3) is 0.800. The van der Waals surface area contributed by atoms with Crippen LogP contribution in [0, 0.1) is 5.41 Å². The van der Waals surface area contributed by atoms with Gasteiger partial charge in [0, 0.05) is 6.04 Å². The van der Waals surface area contributed by atoms with E-state index in [1.807, 2.05) is 0 Å². The number of hydrogen-bond acceptors (Lipinski definition) is 4. The van der Waals surface area contributed by atoms with Crippen molar-refractivity contribution in [2.75, 3.05) is 13.2 Å². The first-order chi connectivity index (χ1) is 7.41. The monoisotopic (exact) mass is 230 g/mol. The summed E-state index contributed by atoms with van der Waals surface area (Å²) in [4.78, 5) is 22.7. The van der Waals surface area contributed by atoms with E-state index in [0.717, 1.165) is 0 Å². The minimum absolute atomic E-state index is 0.232. The molecule has 3 atom stereocenters. The molecule has 0 bridgehead atoms. The quantitative estimate of drug-likeness (QED) is 0.594. The summed E-state index contributed by atoms with van der Waals surface area (Å²) in [6.45, 7) is 3.95. The van der Waals surface area contributed by atoms with Gasteiger partial charge in [-0.1, -0.05) is 6.92 Å². The van der Waals surface area contributed by atoms with Gasteiger partial charge in [-0.15, -0.1) is 0 Å². The van der Waals surface area contributed by atoms with Crippen LogP contribution in [0.3, 0.4) is 0 Å². The highest BCUT2D eigenvalue weighted by Gasteiger charge is 2.45. The molecule has 1 aliphatic rings. The fourth-order valence-corrected chi connectivity index (χ4v) is 1.58. The molecule has 0 aromatic rings. The molecule has 16 heavy (non-hydrogen) atoms. The normalized spacial score (nSPS) is 31.1. The van der Waals surface area contributed by atoms with Crippen LogP contribution in [0.25, 0.3) is 0 Å². The van der Waals surface area contributed by atoms with Crippen molar-refractivity contribution in [3.63, 3.8) is 0 Å². The summed E-state index contributed by atoms with van der Waals surface area (Å²) in [5.74, 6) is -1.39. The fourth-order valence-electron chi connectivity index (χ4n) is 1.58. The van der Waals surface area contributed by atoms with Gasteiger partial charge in [0.2, 0.25) is 5.91 Å². The van der Waals surface area contributed by atoms with Crippen molar-refractivity contribution in [1.29, 1.82) is 0 Å². The second kappa shape index (κ2) is 4.80. The molecule has 6 nitrogen and oxygen atoms in total. The summed E-state index contributed by atoms with van der Waals surface area (Å²) in [6, 6.07) is -1.25. The second-order valence-electron chi connectivity index (χ2n) is 4.31. The lowest BCUT2D eigenvalue weighted by Gasteiger charge is -2.27. The number of aliphatic carboxylic acids is 1. The second-order valence-corrected chi connectivity index (χ2v) is 4.31. The third kappa shape index (κ3) is 2.33. The van der Waals surface area contributed by atoms with Crippen LogP contribution in [0.4, 0.5) is 0 Å². The first kappa shape index (κ1) is 12.9. The van der Waals surface area contributed by atoms with E-state index >= 15 is 0 Å². The Labute approximate surface area is 94.1 Å². The molecular weight excluding hydrogens is 212 g/mol. The molecule has 1 fully saturated rings. The number of ether oxygens (including phenoxy) is 1. The lowest BCUT2D eigenvalue weighted by Crippen LogP contribution is -2.53. The van der Waals surface area contributed by atoms with Crippen molar-refractivity contribution in [3.05, 3.63) is 0 Å². The van der Waals surface area contributed by atoms with Crippen LogP contribution in [0.15, 0.2) is 0 Å². The topological polar surface area (TPSA) is 102 Å². The highest BCUT2D eigenvalue weighted by atomic mass is 16.5. The zero-order valence-electron chi connectivity index (χ0n) is 9.53. The van der Waals surface area contributed by atoms with E-state index < -0.39 is 17.4 Å². The smallest absolute Gasteiger partial charge is 0.326 e. The maximum atomic E-state index is 11.9. The zero-order valence-corrected chi connectivity index (χ0v) is 9.53. The SMILES string of the molecule is CC[C@@H](NC(=O)C1(C)COCC1N)C(=O)O.